The molecule has 1 aliphatic rings. The van der Waals surface area contributed by atoms with Crippen molar-refractivity contribution in [2.24, 2.45) is 0 Å². The fraction of sp³-hybridized carbons (Fsp3) is 0.312. The van der Waals surface area contributed by atoms with E-state index in [2.05, 4.69) is 4.72 Å². The van der Waals surface area contributed by atoms with Crippen molar-refractivity contribution in [3.63, 3.8) is 0 Å². The van der Waals surface area contributed by atoms with Gasteiger partial charge in [0.15, 0.2) is 5.78 Å². The molecule has 5 rings (SSSR count). The predicted octanol–water partition coefficient (Wildman–Crippen LogP) is 6.23. The van der Waals surface area contributed by atoms with E-state index in [1.165, 1.54) is 0 Å². The number of pyridine rings is 1. The lowest BCUT2D eigenvalue weighted by Crippen LogP contribution is -2.24. The number of aromatic nitrogens is 1. The van der Waals surface area contributed by atoms with Gasteiger partial charge in [0.1, 0.15) is 0 Å². The third-order valence-corrected chi connectivity index (χ3v) is 8.99. The second kappa shape index (κ2) is 11.7. The van der Waals surface area contributed by atoms with Gasteiger partial charge in [-0.15, -0.1) is 0 Å². The van der Waals surface area contributed by atoms with E-state index in [1.807, 2.05) is 60.0 Å². The van der Waals surface area contributed by atoms with Gasteiger partial charge in [-0.25, -0.2) is 13.1 Å². The summed E-state index contributed by atoms with van der Waals surface area (Å²) in [6.45, 7) is 2.95. The number of nitrogens with zero attached hydrogens (tertiary/aromatic N) is 1. The van der Waals surface area contributed by atoms with Crippen LogP contribution in [0.3, 0.4) is 0 Å². The zero-order valence-electron chi connectivity index (χ0n) is 22.3. The van der Waals surface area contributed by atoms with E-state index in [4.69, 9.17) is 0 Å². The molecule has 0 radical (unpaired) electrons. The molecule has 1 heterocycles. The van der Waals surface area contributed by atoms with Gasteiger partial charge in [-0.05, 0) is 38.0 Å². The molecule has 0 aliphatic heterocycles. The van der Waals surface area contributed by atoms with E-state index in [9.17, 15) is 18.0 Å². The Hall–Kier alpha value is -3.55. The standard InChI is InChI=1S/C32H34N2O4S/c1-23-17-19-24(20-18-23)39(37,38)33-21-11-5-3-2-4-6-12-22-34-30-26-14-8-9-15-27(26)31(35)29(30)25-13-7-10-16-28(25)32(34)36/h7-10,13-20,33H,2-6,11-12,21-22H2,1H3. The summed E-state index contributed by atoms with van der Waals surface area (Å²) >= 11 is 0. The molecule has 0 amide bonds. The molecule has 6 nitrogen and oxygen atoms in total. The molecule has 0 saturated carbocycles. The highest BCUT2D eigenvalue weighted by atomic mass is 32.2. The Kier molecular flexibility index (Phi) is 8.10. The lowest BCUT2D eigenvalue weighted by atomic mass is 10.0. The van der Waals surface area contributed by atoms with Crippen LogP contribution in [0.25, 0.3) is 22.0 Å². The molecule has 0 spiro atoms. The Labute approximate surface area is 229 Å². The summed E-state index contributed by atoms with van der Waals surface area (Å²) in [5.41, 5.74) is 3.90. The van der Waals surface area contributed by atoms with Crippen molar-refractivity contribution in [1.82, 2.24) is 9.29 Å². The van der Waals surface area contributed by atoms with Gasteiger partial charge in [-0.1, -0.05) is 92.3 Å². The van der Waals surface area contributed by atoms with Crippen LogP contribution < -0.4 is 10.3 Å². The first kappa shape index (κ1) is 27.0. The molecule has 202 valence electrons. The number of carbonyl (C=O) groups is 1. The molecule has 3 aromatic carbocycles. The van der Waals surface area contributed by atoms with Crippen LogP contribution in [-0.4, -0.2) is 25.3 Å². The minimum atomic E-state index is -3.45. The minimum Gasteiger partial charge on any atom is -0.307 e. The third kappa shape index (κ3) is 5.60. The van der Waals surface area contributed by atoms with Gasteiger partial charge in [-0.2, -0.15) is 0 Å². The largest absolute Gasteiger partial charge is 0.307 e. The van der Waals surface area contributed by atoms with E-state index in [-0.39, 0.29) is 11.3 Å². The van der Waals surface area contributed by atoms with Crippen molar-refractivity contribution in [2.45, 2.75) is 63.3 Å². The minimum absolute atomic E-state index is 0.00768. The number of nitrogens with one attached hydrogen (secondary N) is 1. The van der Waals surface area contributed by atoms with Crippen molar-refractivity contribution in [3.8, 4) is 11.3 Å². The van der Waals surface area contributed by atoms with Crippen LogP contribution in [0.1, 0.15) is 66.4 Å². The second-order valence-electron chi connectivity index (χ2n) is 10.3. The highest BCUT2D eigenvalue weighted by molar-refractivity contribution is 7.89. The summed E-state index contributed by atoms with van der Waals surface area (Å²) in [5, 5.41) is 1.33. The summed E-state index contributed by atoms with van der Waals surface area (Å²) in [6.07, 6.45) is 6.77. The molecule has 1 N–H and O–H groups in total. The number of rotatable bonds is 12. The molecule has 1 aliphatic carbocycles. The molecule has 0 atom stereocenters. The number of fused-ring (bicyclic) bond motifs is 5. The maximum Gasteiger partial charge on any atom is 0.258 e. The van der Waals surface area contributed by atoms with Gasteiger partial charge in [0.25, 0.3) is 5.56 Å². The molecule has 7 heteroatoms. The number of ketones is 1. The summed E-state index contributed by atoms with van der Waals surface area (Å²) < 4.78 is 29.2. The Balaban J connectivity index is 1.11. The lowest BCUT2D eigenvalue weighted by molar-refractivity contribution is 0.104. The Morgan fingerprint density at radius 1 is 0.692 bits per heavy atom. The summed E-state index contributed by atoms with van der Waals surface area (Å²) in [7, 11) is -3.45. The molecule has 0 bridgehead atoms. The van der Waals surface area contributed by atoms with Gasteiger partial charge in [0.05, 0.1) is 16.2 Å². The maximum atomic E-state index is 13.5. The zero-order chi connectivity index (χ0) is 27.4. The third-order valence-electron chi connectivity index (χ3n) is 7.51. The van der Waals surface area contributed by atoms with Crippen molar-refractivity contribution < 1.29 is 13.2 Å². The Morgan fingerprint density at radius 3 is 2.00 bits per heavy atom. The van der Waals surface area contributed by atoms with E-state index in [0.29, 0.717) is 34.5 Å². The maximum absolute atomic E-state index is 13.5. The van der Waals surface area contributed by atoms with Crippen molar-refractivity contribution >= 4 is 26.6 Å². The van der Waals surface area contributed by atoms with Crippen molar-refractivity contribution in [3.05, 3.63) is 99.8 Å². The number of hydrogen-bond acceptors (Lipinski definition) is 4. The van der Waals surface area contributed by atoms with Crippen LogP contribution >= 0.6 is 0 Å². The van der Waals surface area contributed by atoms with E-state index in [0.717, 1.165) is 67.2 Å². The number of aryl methyl sites for hydroxylation is 1. The smallest absolute Gasteiger partial charge is 0.258 e. The quantitative estimate of drug-likeness (QED) is 0.189. The first-order valence-electron chi connectivity index (χ1n) is 13.7. The highest BCUT2D eigenvalue weighted by Gasteiger charge is 2.32. The van der Waals surface area contributed by atoms with E-state index >= 15 is 0 Å². The fourth-order valence-corrected chi connectivity index (χ4v) is 6.50. The van der Waals surface area contributed by atoms with Crippen LogP contribution in [0.2, 0.25) is 0 Å². The normalized spacial score (nSPS) is 12.6. The van der Waals surface area contributed by atoms with Crippen LogP contribution in [0.5, 0.6) is 0 Å². The van der Waals surface area contributed by atoms with Crippen LogP contribution in [0.15, 0.2) is 82.5 Å². The van der Waals surface area contributed by atoms with Gasteiger partial charge in [-0.3, -0.25) is 9.59 Å². The fourth-order valence-electron chi connectivity index (χ4n) is 5.43. The predicted molar refractivity (Wildman–Crippen MR) is 156 cm³/mol. The van der Waals surface area contributed by atoms with Gasteiger partial charge in [0.2, 0.25) is 10.0 Å². The lowest BCUT2D eigenvalue weighted by Gasteiger charge is -2.15. The molecular formula is C32H34N2O4S. The molecule has 0 fully saturated rings. The van der Waals surface area contributed by atoms with Gasteiger partial charge in [0, 0.05) is 35.0 Å². The number of carbonyl (C=O) groups excluding carboxylic acids is 1. The number of hydrogen-bond donors (Lipinski definition) is 1. The zero-order valence-corrected chi connectivity index (χ0v) is 23.1. The second-order valence-corrected chi connectivity index (χ2v) is 12.1. The summed E-state index contributed by atoms with van der Waals surface area (Å²) in [5.74, 6) is -0.00768. The molecule has 0 saturated heterocycles. The first-order chi connectivity index (χ1) is 18.9. The molecular weight excluding hydrogens is 508 g/mol. The summed E-state index contributed by atoms with van der Waals surface area (Å²) in [4.78, 5) is 27.0. The topological polar surface area (TPSA) is 85.2 Å². The van der Waals surface area contributed by atoms with Crippen LogP contribution in [-0.2, 0) is 16.6 Å². The van der Waals surface area contributed by atoms with E-state index < -0.39 is 10.0 Å². The van der Waals surface area contributed by atoms with E-state index in [1.54, 1.807) is 24.3 Å². The number of sulfonamides is 1. The molecule has 0 unspecified atom stereocenters. The average Bonchev–Trinajstić information content (AvgIpc) is 3.24. The van der Waals surface area contributed by atoms with Crippen LogP contribution in [0, 0.1) is 6.92 Å². The summed E-state index contributed by atoms with van der Waals surface area (Å²) in [6, 6.07) is 21.8. The molecule has 1 aromatic heterocycles. The molecule has 4 aromatic rings. The average molecular weight is 543 g/mol. The first-order valence-corrected chi connectivity index (χ1v) is 15.2. The van der Waals surface area contributed by atoms with Crippen LogP contribution in [0.4, 0.5) is 0 Å². The Bertz CT molecular complexity index is 1670. The molecule has 39 heavy (non-hydrogen) atoms. The van der Waals surface area contributed by atoms with Crippen molar-refractivity contribution in [2.75, 3.05) is 6.54 Å². The SMILES string of the molecule is Cc1ccc(S(=O)(=O)NCCCCCCCCCn2c3c(c4ccccc4c2=O)C(=O)c2ccccc2-3)cc1. The number of benzene rings is 3. The monoisotopic (exact) mass is 542 g/mol. The number of unbranched alkanes of at least 4 members (excludes halogenated alkanes) is 6. The van der Waals surface area contributed by atoms with Gasteiger partial charge < -0.3 is 4.57 Å². The highest BCUT2D eigenvalue weighted by Crippen LogP contribution is 2.39. The van der Waals surface area contributed by atoms with Gasteiger partial charge >= 0.3 is 0 Å². The van der Waals surface area contributed by atoms with Crippen molar-refractivity contribution in [1.29, 1.82) is 0 Å². The Morgan fingerprint density at radius 2 is 1.28 bits per heavy atom.